The molecule has 6 nitrogen and oxygen atoms in total. The van der Waals surface area contributed by atoms with Gasteiger partial charge in [0.1, 0.15) is 4.90 Å². The number of hydrogen-bond donors (Lipinski definition) is 0. The van der Waals surface area contributed by atoms with Crippen LogP contribution in [0.25, 0.3) is 0 Å². The molecule has 0 amide bonds. The third kappa shape index (κ3) is 3.45. The van der Waals surface area contributed by atoms with Gasteiger partial charge in [0, 0.05) is 19.3 Å². The third-order valence-corrected chi connectivity index (χ3v) is 5.29. The van der Waals surface area contributed by atoms with Gasteiger partial charge in [-0.15, -0.1) is 0 Å². The minimum absolute atomic E-state index is 0.177. The molecule has 1 aromatic rings. The minimum atomic E-state index is -3.48. The first kappa shape index (κ1) is 14.3. The Kier molecular flexibility index (Phi) is 4.76. The second-order valence-corrected chi connectivity index (χ2v) is 6.73. The molecule has 8 heteroatoms. The summed E-state index contributed by atoms with van der Waals surface area (Å²) in [5.74, 6) is 0.294. The normalized spacial score (nSPS) is 17.0. The summed E-state index contributed by atoms with van der Waals surface area (Å²) in [4.78, 5) is 4.23. The molecule has 0 unspecified atom stereocenters. The van der Waals surface area contributed by atoms with Crippen LogP contribution in [0.1, 0.15) is 0 Å². The van der Waals surface area contributed by atoms with Crippen LogP contribution in [0.15, 0.2) is 28.3 Å². The molecule has 0 saturated carbocycles. The molecule has 1 fully saturated rings. The Balaban J connectivity index is 2.14. The van der Waals surface area contributed by atoms with Gasteiger partial charge in [-0.05, 0) is 12.1 Å². The lowest BCUT2D eigenvalue weighted by molar-refractivity contribution is 0.0730. The van der Waals surface area contributed by atoms with Crippen LogP contribution in [0, 0.1) is 11.3 Å². The maximum absolute atomic E-state index is 12.3. The predicted octanol–water partition coefficient (Wildman–Crippen LogP) is 0.718. The summed E-state index contributed by atoms with van der Waals surface area (Å²) < 4.78 is 31.1. The first-order valence-corrected chi connectivity index (χ1v) is 8.11. The van der Waals surface area contributed by atoms with E-state index in [0.29, 0.717) is 37.1 Å². The summed E-state index contributed by atoms with van der Waals surface area (Å²) in [6.07, 6.45) is 1.34. The maximum Gasteiger partial charge on any atom is 0.244 e. The van der Waals surface area contributed by atoms with Crippen LogP contribution in [0.3, 0.4) is 0 Å². The molecule has 1 aliphatic heterocycles. The molecule has 0 atom stereocenters. The van der Waals surface area contributed by atoms with Crippen LogP contribution in [-0.2, 0) is 14.8 Å². The molecule has 19 heavy (non-hydrogen) atoms. The minimum Gasteiger partial charge on any atom is -0.379 e. The number of morpholine rings is 1. The van der Waals surface area contributed by atoms with Gasteiger partial charge in [0.2, 0.25) is 10.0 Å². The highest BCUT2D eigenvalue weighted by atomic mass is 32.2. The molecule has 0 spiro atoms. The Morgan fingerprint density at radius 2 is 2.16 bits per heavy atom. The van der Waals surface area contributed by atoms with Crippen LogP contribution in [0.2, 0.25) is 0 Å². The molecule has 2 heterocycles. The standard InChI is InChI=1S/C11H13N3O3S2/c12-3-8-18-11-2-1-10(9-13-11)19(15,16)14-4-6-17-7-5-14/h1-2,9H,4-8H2. The number of hydrogen-bond acceptors (Lipinski definition) is 6. The van der Waals surface area contributed by atoms with Crippen molar-refractivity contribution in [3.8, 4) is 6.07 Å². The van der Waals surface area contributed by atoms with Gasteiger partial charge < -0.3 is 4.74 Å². The van der Waals surface area contributed by atoms with Crippen molar-refractivity contribution in [3.63, 3.8) is 0 Å². The first-order valence-electron chi connectivity index (χ1n) is 5.68. The van der Waals surface area contributed by atoms with E-state index in [0.717, 1.165) is 0 Å². The Hall–Kier alpha value is -1.14. The molecular weight excluding hydrogens is 286 g/mol. The van der Waals surface area contributed by atoms with E-state index < -0.39 is 10.0 Å². The van der Waals surface area contributed by atoms with Crippen LogP contribution >= 0.6 is 11.8 Å². The molecule has 1 aromatic heterocycles. The zero-order valence-electron chi connectivity index (χ0n) is 10.2. The monoisotopic (exact) mass is 299 g/mol. The Morgan fingerprint density at radius 1 is 1.42 bits per heavy atom. The largest absolute Gasteiger partial charge is 0.379 e. The van der Waals surface area contributed by atoms with E-state index in [1.165, 1.54) is 28.3 Å². The van der Waals surface area contributed by atoms with Crippen LogP contribution in [-0.4, -0.2) is 49.8 Å². The summed E-state index contributed by atoms with van der Waals surface area (Å²) in [6.45, 7) is 1.58. The number of rotatable bonds is 4. The van der Waals surface area contributed by atoms with Gasteiger partial charge in [0.25, 0.3) is 0 Å². The van der Waals surface area contributed by atoms with E-state index >= 15 is 0 Å². The Bertz CT molecular complexity index is 560. The number of thioether (sulfide) groups is 1. The number of pyridine rings is 1. The smallest absolute Gasteiger partial charge is 0.244 e. The van der Waals surface area contributed by atoms with Crippen molar-refractivity contribution < 1.29 is 13.2 Å². The average molecular weight is 299 g/mol. The summed E-state index contributed by atoms with van der Waals surface area (Å²) in [5, 5.41) is 9.11. The van der Waals surface area contributed by atoms with E-state index in [9.17, 15) is 8.42 Å². The molecule has 0 radical (unpaired) electrons. The van der Waals surface area contributed by atoms with Gasteiger partial charge in [-0.3, -0.25) is 0 Å². The zero-order valence-corrected chi connectivity index (χ0v) is 11.8. The highest BCUT2D eigenvalue weighted by Crippen LogP contribution is 2.20. The quantitative estimate of drug-likeness (QED) is 0.762. The highest BCUT2D eigenvalue weighted by Gasteiger charge is 2.26. The Labute approximate surface area is 116 Å². The van der Waals surface area contributed by atoms with Gasteiger partial charge in [0.15, 0.2) is 0 Å². The number of sulfonamides is 1. The summed E-state index contributed by atoms with van der Waals surface area (Å²) in [6, 6.07) is 5.14. The van der Waals surface area contributed by atoms with E-state index in [2.05, 4.69) is 4.98 Å². The maximum atomic E-state index is 12.3. The molecule has 1 saturated heterocycles. The highest BCUT2D eigenvalue weighted by molar-refractivity contribution is 7.99. The molecule has 0 bridgehead atoms. The summed E-state index contributed by atoms with van der Waals surface area (Å²) in [5.41, 5.74) is 0. The number of nitrogens with zero attached hydrogens (tertiary/aromatic N) is 3. The lowest BCUT2D eigenvalue weighted by Crippen LogP contribution is -2.40. The SMILES string of the molecule is N#CCSc1ccc(S(=O)(=O)N2CCOCC2)cn1. The first-order chi connectivity index (χ1) is 9.14. The number of nitriles is 1. The van der Waals surface area contributed by atoms with Gasteiger partial charge in [0.05, 0.1) is 30.1 Å². The van der Waals surface area contributed by atoms with E-state index in [-0.39, 0.29) is 4.90 Å². The number of aromatic nitrogens is 1. The second-order valence-electron chi connectivity index (χ2n) is 3.80. The fourth-order valence-electron chi connectivity index (χ4n) is 1.65. The summed E-state index contributed by atoms with van der Waals surface area (Å²) >= 11 is 1.27. The number of ether oxygens (including phenoxy) is 1. The van der Waals surface area contributed by atoms with Crippen molar-refractivity contribution in [2.45, 2.75) is 9.92 Å². The van der Waals surface area contributed by atoms with Crippen LogP contribution in [0.4, 0.5) is 0 Å². The molecule has 1 aliphatic rings. The molecule has 0 aliphatic carbocycles. The molecular formula is C11H13N3O3S2. The average Bonchev–Trinajstić information content (AvgIpc) is 2.46. The lowest BCUT2D eigenvalue weighted by atomic mass is 10.5. The third-order valence-electron chi connectivity index (χ3n) is 2.60. The molecule has 0 N–H and O–H groups in total. The fraction of sp³-hybridized carbons (Fsp3) is 0.455. The zero-order chi connectivity index (χ0) is 13.7. The van der Waals surface area contributed by atoms with E-state index in [1.54, 1.807) is 6.07 Å². The van der Waals surface area contributed by atoms with Crippen LogP contribution in [0.5, 0.6) is 0 Å². The predicted molar refractivity (Wildman–Crippen MR) is 70.2 cm³/mol. The molecule has 102 valence electrons. The summed E-state index contributed by atoms with van der Waals surface area (Å²) in [7, 11) is -3.48. The topological polar surface area (TPSA) is 83.3 Å². The van der Waals surface area contributed by atoms with Gasteiger partial charge in [-0.1, -0.05) is 11.8 Å². The van der Waals surface area contributed by atoms with Gasteiger partial charge in [-0.25, -0.2) is 13.4 Å². The Morgan fingerprint density at radius 3 is 2.74 bits per heavy atom. The van der Waals surface area contributed by atoms with Crippen LogP contribution < -0.4 is 0 Å². The van der Waals surface area contributed by atoms with Crippen molar-refractivity contribution in [2.75, 3.05) is 32.1 Å². The van der Waals surface area contributed by atoms with Crippen molar-refractivity contribution in [3.05, 3.63) is 18.3 Å². The molecule has 0 aromatic carbocycles. The fourth-order valence-corrected chi connectivity index (χ4v) is 3.50. The van der Waals surface area contributed by atoms with Crippen molar-refractivity contribution >= 4 is 21.8 Å². The van der Waals surface area contributed by atoms with Crippen molar-refractivity contribution in [2.24, 2.45) is 0 Å². The van der Waals surface area contributed by atoms with Gasteiger partial charge in [-0.2, -0.15) is 9.57 Å². The van der Waals surface area contributed by atoms with E-state index in [4.69, 9.17) is 10.00 Å². The van der Waals surface area contributed by atoms with Crippen molar-refractivity contribution in [1.82, 2.24) is 9.29 Å². The lowest BCUT2D eigenvalue weighted by Gasteiger charge is -2.25. The van der Waals surface area contributed by atoms with Crippen molar-refractivity contribution in [1.29, 1.82) is 5.26 Å². The van der Waals surface area contributed by atoms with Gasteiger partial charge >= 0.3 is 0 Å². The van der Waals surface area contributed by atoms with E-state index in [1.807, 2.05) is 6.07 Å². The second kappa shape index (κ2) is 6.34. The molecule has 2 rings (SSSR count).